The van der Waals surface area contributed by atoms with Crippen LogP contribution in [-0.4, -0.2) is 18.0 Å². The van der Waals surface area contributed by atoms with Crippen molar-refractivity contribution in [3.63, 3.8) is 0 Å². The summed E-state index contributed by atoms with van der Waals surface area (Å²) < 4.78 is 11.0. The zero-order valence-corrected chi connectivity index (χ0v) is 15.4. The van der Waals surface area contributed by atoms with Crippen molar-refractivity contribution in [2.75, 3.05) is 12.4 Å². The molecular weight excluding hydrogens is 352 g/mol. The maximum Gasteiger partial charge on any atom is 0.272 e. The summed E-state index contributed by atoms with van der Waals surface area (Å²) in [5.74, 6) is 1.29. The number of carbonyl (C=O) groups is 1. The molecule has 1 amide bonds. The fourth-order valence-electron chi connectivity index (χ4n) is 2.93. The summed E-state index contributed by atoms with van der Waals surface area (Å²) in [5, 5.41) is 3.83. The van der Waals surface area contributed by atoms with E-state index in [4.69, 9.17) is 9.47 Å². The summed E-state index contributed by atoms with van der Waals surface area (Å²) in [6.45, 7) is 0.498. The van der Waals surface area contributed by atoms with Gasteiger partial charge in [0.25, 0.3) is 5.91 Å². The van der Waals surface area contributed by atoms with Crippen molar-refractivity contribution >= 4 is 22.5 Å². The average molecular weight is 372 g/mol. The first kappa shape index (κ1) is 17.7. The van der Waals surface area contributed by atoms with Crippen LogP contribution in [0.5, 0.6) is 11.5 Å². The zero-order valence-electron chi connectivity index (χ0n) is 15.4. The Bertz CT molecular complexity index is 1090. The highest BCUT2D eigenvalue weighted by molar-refractivity contribution is 6.06. The Kier molecular flexibility index (Phi) is 4.97. The van der Waals surface area contributed by atoms with Crippen LogP contribution in [0.15, 0.2) is 78.9 Å². The molecule has 0 atom stereocenters. The normalized spacial score (nSPS) is 10.6. The number of nitrogens with one attached hydrogen (secondary N) is 2. The molecule has 3 aromatic carbocycles. The molecular formula is C23H20N2O3. The molecule has 0 bridgehead atoms. The molecule has 0 aliphatic rings. The van der Waals surface area contributed by atoms with Crippen molar-refractivity contribution in [2.24, 2.45) is 0 Å². The Hall–Kier alpha value is -3.73. The SMILES string of the molecule is COc1ccc(NC(=O)c2cc3ccc(OCc4ccccc4)cc3[nH]2)cc1. The first-order chi connectivity index (χ1) is 13.7. The van der Waals surface area contributed by atoms with Gasteiger partial charge in [-0.2, -0.15) is 0 Å². The second-order valence-electron chi connectivity index (χ2n) is 6.39. The third-order valence-electron chi connectivity index (χ3n) is 4.43. The van der Waals surface area contributed by atoms with Gasteiger partial charge in [0.2, 0.25) is 0 Å². The maximum atomic E-state index is 12.5. The average Bonchev–Trinajstić information content (AvgIpc) is 3.17. The molecule has 0 radical (unpaired) electrons. The number of anilines is 1. The lowest BCUT2D eigenvalue weighted by Crippen LogP contribution is -2.12. The number of ether oxygens (including phenoxy) is 2. The Morgan fingerprint density at radius 2 is 1.68 bits per heavy atom. The van der Waals surface area contributed by atoms with Gasteiger partial charge in [-0.3, -0.25) is 4.79 Å². The molecule has 1 heterocycles. The fourth-order valence-corrected chi connectivity index (χ4v) is 2.93. The Labute approximate surface area is 162 Å². The second-order valence-corrected chi connectivity index (χ2v) is 6.39. The molecule has 4 aromatic rings. The van der Waals surface area contributed by atoms with Gasteiger partial charge >= 0.3 is 0 Å². The number of hydrogen-bond donors (Lipinski definition) is 2. The van der Waals surface area contributed by atoms with E-state index in [1.807, 2.05) is 54.6 Å². The van der Waals surface area contributed by atoms with E-state index in [9.17, 15) is 4.79 Å². The second kappa shape index (κ2) is 7.88. The van der Waals surface area contributed by atoms with Gasteiger partial charge in [0.1, 0.15) is 23.8 Å². The molecule has 2 N–H and O–H groups in total. The van der Waals surface area contributed by atoms with E-state index in [0.717, 1.165) is 28.0 Å². The van der Waals surface area contributed by atoms with Gasteiger partial charge in [0.15, 0.2) is 0 Å². The lowest BCUT2D eigenvalue weighted by atomic mass is 10.2. The van der Waals surface area contributed by atoms with E-state index in [1.165, 1.54) is 0 Å². The monoisotopic (exact) mass is 372 g/mol. The summed E-state index contributed by atoms with van der Waals surface area (Å²) in [5.41, 5.74) is 3.15. The van der Waals surface area contributed by atoms with Gasteiger partial charge in [0, 0.05) is 22.7 Å². The summed E-state index contributed by atoms with van der Waals surface area (Å²) in [4.78, 5) is 15.7. The number of rotatable bonds is 6. The zero-order chi connectivity index (χ0) is 19.3. The van der Waals surface area contributed by atoms with Gasteiger partial charge in [-0.1, -0.05) is 30.3 Å². The Morgan fingerprint density at radius 1 is 0.929 bits per heavy atom. The standard InChI is InChI=1S/C23H20N2O3/c1-27-19-11-8-18(9-12-19)24-23(26)22-13-17-7-10-20(14-21(17)25-22)28-15-16-5-3-2-4-6-16/h2-14,25H,15H2,1H3,(H,24,26). The largest absolute Gasteiger partial charge is 0.497 e. The molecule has 0 unspecified atom stereocenters. The third-order valence-corrected chi connectivity index (χ3v) is 4.43. The van der Waals surface area contributed by atoms with E-state index in [1.54, 1.807) is 31.4 Å². The summed E-state index contributed by atoms with van der Waals surface area (Å²) in [6, 6.07) is 24.8. The summed E-state index contributed by atoms with van der Waals surface area (Å²) >= 11 is 0. The molecule has 140 valence electrons. The molecule has 28 heavy (non-hydrogen) atoms. The summed E-state index contributed by atoms with van der Waals surface area (Å²) in [7, 11) is 1.61. The minimum absolute atomic E-state index is 0.201. The van der Waals surface area contributed by atoms with E-state index >= 15 is 0 Å². The van der Waals surface area contributed by atoms with Gasteiger partial charge in [-0.25, -0.2) is 0 Å². The van der Waals surface area contributed by atoms with Gasteiger partial charge in [-0.15, -0.1) is 0 Å². The van der Waals surface area contributed by atoms with Gasteiger partial charge < -0.3 is 19.8 Å². The first-order valence-electron chi connectivity index (χ1n) is 8.96. The number of amides is 1. The van der Waals surface area contributed by atoms with Gasteiger partial charge in [0.05, 0.1) is 7.11 Å². The van der Waals surface area contributed by atoms with Crippen LogP contribution in [0.4, 0.5) is 5.69 Å². The van der Waals surface area contributed by atoms with E-state index in [-0.39, 0.29) is 5.91 Å². The van der Waals surface area contributed by atoms with Crippen LogP contribution in [-0.2, 0) is 6.61 Å². The fraction of sp³-hybridized carbons (Fsp3) is 0.0870. The molecule has 5 heteroatoms. The van der Waals surface area contributed by atoms with Crippen molar-refractivity contribution in [3.8, 4) is 11.5 Å². The van der Waals surface area contributed by atoms with Crippen LogP contribution < -0.4 is 14.8 Å². The quantitative estimate of drug-likeness (QED) is 0.500. The van der Waals surface area contributed by atoms with Crippen LogP contribution in [0, 0.1) is 0 Å². The van der Waals surface area contributed by atoms with Crippen LogP contribution in [0.3, 0.4) is 0 Å². The number of carbonyl (C=O) groups excluding carboxylic acids is 1. The molecule has 1 aromatic heterocycles. The third kappa shape index (κ3) is 3.99. The number of hydrogen-bond acceptors (Lipinski definition) is 3. The van der Waals surface area contributed by atoms with E-state index < -0.39 is 0 Å². The number of fused-ring (bicyclic) bond motifs is 1. The van der Waals surface area contributed by atoms with E-state index in [0.29, 0.717) is 18.0 Å². The van der Waals surface area contributed by atoms with Crippen LogP contribution in [0.2, 0.25) is 0 Å². The van der Waals surface area contributed by atoms with Crippen LogP contribution in [0.25, 0.3) is 10.9 Å². The highest BCUT2D eigenvalue weighted by Gasteiger charge is 2.11. The first-order valence-corrected chi connectivity index (χ1v) is 8.96. The highest BCUT2D eigenvalue weighted by Crippen LogP contribution is 2.23. The Balaban J connectivity index is 1.46. The lowest BCUT2D eigenvalue weighted by Gasteiger charge is -2.06. The number of aromatic amines is 1. The minimum atomic E-state index is -0.201. The molecule has 0 fully saturated rings. The smallest absolute Gasteiger partial charge is 0.272 e. The van der Waals surface area contributed by atoms with Crippen LogP contribution in [0.1, 0.15) is 16.1 Å². The van der Waals surface area contributed by atoms with Crippen molar-refractivity contribution in [2.45, 2.75) is 6.61 Å². The topological polar surface area (TPSA) is 63.4 Å². The molecule has 0 aliphatic carbocycles. The molecule has 0 aliphatic heterocycles. The summed E-state index contributed by atoms with van der Waals surface area (Å²) in [6.07, 6.45) is 0. The lowest BCUT2D eigenvalue weighted by molar-refractivity contribution is 0.102. The molecule has 4 rings (SSSR count). The van der Waals surface area contributed by atoms with Crippen molar-refractivity contribution in [1.82, 2.24) is 4.98 Å². The highest BCUT2D eigenvalue weighted by atomic mass is 16.5. The van der Waals surface area contributed by atoms with Gasteiger partial charge in [-0.05, 0) is 48.0 Å². The predicted molar refractivity (Wildman–Crippen MR) is 110 cm³/mol. The van der Waals surface area contributed by atoms with Crippen LogP contribution >= 0.6 is 0 Å². The van der Waals surface area contributed by atoms with Crippen molar-refractivity contribution in [1.29, 1.82) is 0 Å². The number of aromatic nitrogens is 1. The molecule has 5 nitrogen and oxygen atoms in total. The molecule has 0 saturated heterocycles. The van der Waals surface area contributed by atoms with Crippen molar-refractivity contribution < 1.29 is 14.3 Å². The predicted octanol–water partition coefficient (Wildman–Crippen LogP) is 5.01. The Morgan fingerprint density at radius 3 is 2.43 bits per heavy atom. The molecule has 0 spiro atoms. The number of H-pyrrole nitrogens is 1. The molecule has 0 saturated carbocycles. The number of benzene rings is 3. The van der Waals surface area contributed by atoms with E-state index in [2.05, 4.69) is 10.3 Å². The minimum Gasteiger partial charge on any atom is -0.497 e. The number of methoxy groups -OCH3 is 1. The van der Waals surface area contributed by atoms with Crippen molar-refractivity contribution in [3.05, 3.63) is 90.1 Å². The maximum absolute atomic E-state index is 12.5.